The number of aromatic nitrogens is 3. The van der Waals surface area contributed by atoms with Crippen molar-refractivity contribution in [3.63, 3.8) is 0 Å². The van der Waals surface area contributed by atoms with Gasteiger partial charge in [0.2, 0.25) is 6.10 Å². The Morgan fingerprint density at radius 3 is 2.35 bits per heavy atom. The number of alkyl halides is 8. The van der Waals surface area contributed by atoms with Crippen LogP contribution in [0.2, 0.25) is 0 Å². The number of imidazole rings is 1. The fraction of sp³-hybridized carbons (Fsp3) is 0.500. The molecule has 3 heterocycles. The van der Waals surface area contributed by atoms with Crippen LogP contribution in [0.1, 0.15) is 36.8 Å². The Morgan fingerprint density at radius 1 is 1.18 bits per heavy atom. The molecule has 14 heteroatoms. The van der Waals surface area contributed by atoms with Gasteiger partial charge in [-0.3, -0.25) is 0 Å². The summed E-state index contributed by atoms with van der Waals surface area (Å²) in [7, 11) is 0. The topological polar surface area (TPSA) is 80.2 Å². The van der Waals surface area contributed by atoms with Gasteiger partial charge in [0.15, 0.2) is 0 Å². The quantitative estimate of drug-likeness (QED) is 0.560. The number of hydrogen-bond donors (Lipinski definition) is 2. The summed E-state index contributed by atoms with van der Waals surface area (Å²) < 4.78 is 107. The minimum Gasteiger partial charge on any atom is -0.383 e. The molecule has 6 nitrogen and oxygen atoms in total. The molecule has 1 saturated heterocycles. The molecular formula is C20H21F8N5O. The highest BCUT2D eigenvalue weighted by Gasteiger charge is 2.43. The number of piperidine rings is 1. The van der Waals surface area contributed by atoms with Gasteiger partial charge in [0.05, 0.1) is 11.3 Å². The largest absolute Gasteiger partial charge is 0.421 e. The summed E-state index contributed by atoms with van der Waals surface area (Å²) in [6, 6.07) is 0.603. The Bertz CT molecular complexity index is 1040. The van der Waals surface area contributed by atoms with Crippen LogP contribution in [-0.2, 0) is 12.7 Å². The Kier molecular flexibility index (Phi) is 6.84. The van der Waals surface area contributed by atoms with Crippen molar-refractivity contribution < 1.29 is 40.2 Å². The molecular weight excluding hydrogens is 478 g/mol. The highest BCUT2D eigenvalue weighted by atomic mass is 19.4. The molecule has 1 fully saturated rings. The number of allylic oxidation sites excluding steroid dienone is 1. The molecule has 34 heavy (non-hydrogen) atoms. The van der Waals surface area contributed by atoms with E-state index in [1.54, 1.807) is 4.90 Å². The average Bonchev–Trinajstić information content (AvgIpc) is 3.14. The number of nitrogen functional groups attached to an aromatic ring is 1. The third-order valence-electron chi connectivity index (χ3n) is 5.47. The summed E-state index contributed by atoms with van der Waals surface area (Å²) in [5.74, 6) is -4.44. The zero-order valence-electron chi connectivity index (χ0n) is 17.6. The van der Waals surface area contributed by atoms with E-state index in [0.29, 0.717) is 11.8 Å². The van der Waals surface area contributed by atoms with Gasteiger partial charge in [-0.2, -0.15) is 26.3 Å². The first-order chi connectivity index (χ1) is 15.6. The number of hydrogen-bond acceptors (Lipinski definition) is 5. The summed E-state index contributed by atoms with van der Waals surface area (Å²) in [6.07, 6.45) is -11.7. The first-order valence-electron chi connectivity index (χ1n) is 10.0. The number of aliphatic hydroxyl groups excluding tert-OH is 1. The van der Waals surface area contributed by atoms with E-state index in [1.807, 2.05) is 0 Å². The fourth-order valence-corrected chi connectivity index (χ4v) is 3.51. The molecule has 3 rings (SSSR count). The standard InChI is InChI=1S/C20H21F8N5O/c1-11(32-6-3-18(21,22)4-7-32)2-5-33-10-14(31-17(33)15(34)20(26,27)28)12-8-13(19(23,24)25)16(29)30-9-12/h8-10,15,34H,1-7H2,(H2,29,30)/t15-/m1/s1. The van der Waals surface area contributed by atoms with E-state index >= 15 is 0 Å². The van der Waals surface area contributed by atoms with Crippen LogP contribution in [0.15, 0.2) is 30.7 Å². The molecule has 1 atom stereocenters. The van der Waals surface area contributed by atoms with Crippen LogP contribution in [-0.4, -0.2) is 49.7 Å². The number of likely N-dealkylation sites (tertiary alicyclic amines) is 1. The van der Waals surface area contributed by atoms with Crippen molar-refractivity contribution >= 4 is 5.82 Å². The van der Waals surface area contributed by atoms with Gasteiger partial charge >= 0.3 is 12.4 Å². The zero-order chi connectivity index (χ0) is 25.5. The molecule has 0 bridgehead atoms. The summed E-state index contributed by atoms with van der Waals surface area (Å²) >= 11 is 0. The molecule has 188 valence electrons. The van der Waals surface area contributed by atoms with Crippen molar-refractivity contribution in [1.82, 2.24) is 19.4 Å². The Morgan fingerprint density at radius 2 is 1.79 bits per heavy atom. The first-order valence-corrected chi connectivity index (χ1v) is 10.0. The van der Waals surface area contributed by atoms with Crippen molar-refractivity contribution in [1.29, 1.82) is 0 Å². The minimum atomic E-state index is -5.09. The number of aryl methyl sites for hydroxylation is 1. The number of anilines is 1. The van der Waals surface area contributed by atoms with Crippen molar-refractivity contribution in [3.8, 4) is 11.3 Å². The number of aliphatic hydroxyl groups is 1. The van der Waals surface area contributed by atoms with E-state index < -0.39 is 41.6 Å². The smallest absolute Gasteiger partial charge is 0.383 e. The van der Waals surface area contributed by atoms with Crippen molar-refractivity contribution in [2.75, 3.05) is 18.8 Å². The van der Waals surface area contributed by atoms with E-state index in [1.165, 1.54) is 0 Å². The van der Waals surface area contributed by atoms with Crippen LogP contribution < -0.4 is 5.73 Å². The maximum absolute atomic E-state index is 13.4. The van der Waals surface area contributed by atoms with E-state index in [0.717, 1.165) is 17.0 Å². The van der Waals surface area contributed by atoms with Crippen LogP contribution in [0.3, 0.4) is 0 Å². The van der Waals surface area contributed by atoms with Crippen LogP contribution in [0.25, 0.3) is 11.3 Å². The lowest BCUT2D eigenvalue weighted by molar-refractivity contribution is -0.209. The van der Waals surface area contributed by atoms with Gasteiger partial charge in [-0.05, 0) is 6.07 Å². The Labute approximate surface area is 188 Å². The molecule has 0 amide bonds. The van der Waals surface area contributed by atoms with Crippen LogP contribution in [0.5, 0.6) is 0 Å². The summed E-state index contributed by atoms with van der Waals surface area (Å²) in [5.41, 5.74) is 3.82. The lowest BCUT2D eigenvalue weighted by atomic mass is 10.1. The molecule has 0 unspecified atom stereocenters. The van der Waals surface area contributed by atoms with Crippen molar-refractivity contribution in [2.24, 2.45) is 0 Å². The highest BCUT2D eigenvalue weighted by molar-refractivity contribution is 5.62. The van der Waals surface area contributed by atoms with E-state index in [9.17, 15) is 40.2 Å². The fourth-order valence-electron chi connectivity index (χ4n) is 3.51. The second-order valence-electron chi connectivity index (χ2n) is 7.94. The molecule has 2 aromatic heterocycles. The average molecular weight is 499 g/mol. The van der Waals surface area contributed by atoms with Gasteiger partial charge in [-0.25, -0.2) is 18.7 Å². The van der Waals surface area contributed by atoms with Crippen LogP contribution in [0.4, 0.5) is 40.9 Å². The lowest BCUT2D eigenvalue weighted by Crippen LogP contribution is -2.38. The summed E-state index contributed by atoms with van der Waals surface area (Å²) in [6.45, 7) is 3.66. The molecule has 1 aliphatic rings. The maximum atomic E-state index is 13.4. The van der Waals surface area contributed by atoms with Gasteiger partial charge < -0.3 is 20.3 Å². The maximum Gasteiger partial charge on any atom is 0.421 e. The van der Waals surface area contributed by atoms with Crippen LogP contribution in [0, 0.1) is 0 Å². The predicted octanol–water partition coefficient (Wildman–Crippen LogP) is 4.78. The predicted molar refractivity (Wildman–Crippen MR) is 105 cm³/mol. The van der Waals surface area contributed by atoms with Crippen molar-refractivity contribution in [3.05, 3.63) is 42.1 Å². The molecule has 1 aliphatic heterocycles. The molecule has 0 spiro atoms. The zero-order valence-corrected chi connectivity index (χ0v) is 17.6. The third-order valence-corrected chi connectivity index (χ3v) is 5.47. The molecule has 2 aromatic rings. The highest BCUT2D eigenvalue weighted by Crippen LogP contribution is 2.37. The van der Waals surface area contributed by atoms with Gasteiger partial charge in [0.25, 0.3) is 5.92 Å². The van der Waals surface area contributed by atoms with E-state index in [4.69, 9.17) is 5.73 Å². The lowest BCUT2D eigenvalue weighted by Gasteiger charge is -2.34. The number of nitrogens with zero attached hydrogens (tertiary/aromatic N) is 4. The summed E-state index contributed by atoms with van der Waals surface area (Å²) in [4.78, 5) is 8.75. The molecule has 0 aliphatic carbocycles. The molecule has 3 N–H and O–H groups in total. The second kappa shape index (κ2) is 9.04. The Hall–Kier alpha value is -2.90. The first kappa shape index (κ1) is 25.7. The number of nitrogens with two attached hydrogens (primary N) is 1. The van der Waals surface area contributed by atoms with Gasteiger partial charge in [0, 0.05) is 62.6 Å². The molecule has 0 saturated carbocycles. The van der Waals surface area contributed by atoms with E-state index in [-0.39, 0.29) is 50.2 Å². The minimum absolute atomic E-state index is 0.0242. The van der Waals surface area contributed by atoms with Crippen molar-refractivity contribution in [2.45, 2.75) is 50.2 Å². The number of pyridine rings is 1. The van der Waals surface area contributed by atoms with E-state index in [2.05, 4.69) is 16.5 Å². The summed E-state index contributed by atoms with van der Waals surface area (Å²) in [5, 5.41) is 9.76. The van der Waals surface area contributed by atoms with Gasteiger partial charge in [-0.15, -0.1) is 0 Å². The monoisotopic (exact) mass is 499 g/mol. The number of rotatable bonds is 6. The SMILES string of the molecule is C=C(CCn1cc(-c2cnc(N)c(C(F)(F)F)c2)nc1[C@@H](O)C(F)(F)F)N1CCC(F)(F)CC1. The van der Waals surface area contributed by atoms with Crippen LogP contribution >= 0.6 is 0 Å². The second-order valence-corrected chi connectivity index (χ2v) is 7.94. The Balaban J connectivity index is 1.88. The molecule has 0 radical (unpaired) electrons. The normalized spacial score (nSPS) is 17.6. The van der Waals surface area contributed by atoms with Gasteiger partial charge in [0.1, 0.15) is 11.6 Å². The molecule has 0 aromatic carbocycles. The van der Waals surface area contributed by atoms with Gasteiger partial charge in [-0.1, -0.05) is 6.58 Å². The number of halogens is 8. The third kappa shape index (κ3) is 5.77.